The number of likely N-dealkylation sites (N-methyl/N-ethyl adjacent to an activating group) is 2. The first-order valence-electron chi connectivity index (χ1n) is 14.1. The van der Waals surface area contributed by atoms with Gasteiger partial charge in [-0.3, -0.25) is 0 Å². The van der Waals surface area contributed by atoms with Crippen molar-refractivity contribution in [2.24, 2.45) is 0 Å². The Hall–Kier alpha value is -2.24. The van der Waals surface area contributed by atoms with Gasteiger partial charge in [0.1, 0.15) is 0 Å². The maximum Gasteiger partial charge on any atom is 0.0929 e. The van der Waals surface area contributed by atoms with Crippen molar-refractivity contribution >= 4 is 0 Å². The summed E-state index contributed by atoms with van der Waals surface area (Å²) in [4.78, 5) is 0. The summed E-state index contributed by atoms with van der Waals surface area (Å²) in [5.41, 5.74) is 11.9. The van der Waals surface area contributed by atoms with Crippen LogP contribution in [-0.2, 0) is 10.8 Å². The van der Waals surface area contributed by atoms with Gasteiger partial charge in [0.05, 0.1) is 66.2 Å². The Bertz CT molecular complexity index is 1360. The molecule has 4 aromatic rings. The summed E-state index contributed by atoms with van der Waals surface area (Å²) in [5.74, 6) is 0.493. The van der Waals surface area contributed by atoms with Gasteiger partial charge >= 0.3 is 0 Å². The summed E-state index contributed by atoms with van der Waals surface area (Å²) in [6, 6.07) is 38.0. The summed E-state index contributed by atoms with van der Waals surface area (Å²) in [6.45, 7) is 2.06. The Morgan fingerprint density at radius 2 is 0.650 bits per heavy atom. The molecule has 6 aliphatic carbocycles. The topological polar surface area (TPSA) is 0 Å². The van der Waals surface area contributed by atoms with Crippen LogP contribution in [0.3, 0.4) is 0 Å². The van der Waals surface area contributed by atoms with Crippen LogP contribution in [0, 0.1) is 0 Å². The first-order chi connectivity index (χ1) is 18.1. The Labute approximate surface area is 261 Å². The predicted molar refractivity (Wildman–Crippen MR) is 157 cm³/mol. The molecule has 0 saturated heterocycles. The average molecular weight is 661 g/mol. The molecular weight excluding hydrogens is 620 g/mol. The molecular formula is C36H40Br2N2. The van der Waals surface area contributed by atoms with E-state index in [2.05, 4.69) is 139 Å². The zero-order chi connectivity index (χ0) is 26.5. The van der Waals surface area contributed by atoms with Crippen LogP contribution in [0.15, 0.2) is 97.1 Å². The van der Waals surface area contributed by atoms with Crippen LogP contribution in [0.5, 0.6) is 0 Å². The Morgan fingerprint density at radius 1 is 0.425 bits per heavy atom. The van der Waals surface area contributed by atoms with Gasteiger partial charge in [-0.05, 0) is 44.5 Å². The second kappa shape index (κ2) is 9.66. The van der Waals surface area contributed by atoms with E-state index in [1.165, 1.54) is 44.5 Å². The molecule has 208 valence electrons. The van der Waals surface area contributed by atoms with Crippen molar-refractivity contribution in [2.75, 3.05) is 55.4 Å². The largest absolute Gasteiger partial charge is 1.00 e. The number of hydrogen-bond donors (Lipinski definition) is 0. The molecule has 0 aromatic heterocycles. The SMILES string of the molecule is C[N+](C)(C)CC12c3ccccc3C(c3ccccc31)C1(C[N+](C)(C)C)c3ccccc3C2c2ccccc21.[Br-].[Br-]. The van der Waals surface area contributed by atoms with Gasteiger partial charge in [0.25, 0.3) is 0 Å². The third-order valence-corrected chi connectivity index (χ3v) is 9.44. The quantitative estimate of drug-likeness (QED) is 0.277. The lowest BCUT2D eigenvalue weighted by Gasteiger charge is -2.61. The lowest BCUT2D eigenvalue weighted by Crippen LogP contribution is -3.00. The van der Waals surface area contributed by atoms with Crippen molar-refractivity contribution in [1.82, 2.24) is 0 Å². The highest BCUT2D eigenvalue weighted by atomic mass is 79.9. The summed E-state index contributed by atoms with van der Waals surface area (Å²) >= 11 is 0. The van der Waals surface area contributed by atoms with Gasteiger partial charge in [0, 0.05) is 11.8 Å². The summed E-state index contributed by atoms with van der Waals surface area (Å²) in [6.07, 6.45) is 0. The van der Waals surface area contributed by atoms with Crippen LogP contribution in [0.4, 0.5) is 0 Å². The number of benzene rings is 4. The van der Waals surface area contributed by atoms with Crippen LogP contribution in [0.1, 0.15) is 56.3 Å². The van der Waals surface area contributed by atoms with Crippen LogP contribution in [-0.4, -0.2) is 64.3 Å². The fourth-order valence-corrected chi connectivity index (χ4v) is 8.95. The zero-order valence-electron chi connectivity index (χ0n) is 24.5. The van der Waals surface area contributed by atoms with Crippen LogP contribution in [0.2, 0.25) is 0 Å². The van der Waals surface area contributed by atoms with E-state index in [4.69, 9.17) is 0 Å². The molecule has 0 atom stereocenters. The maximum absolute atomic E-state index is 2.47. The number of nitrogens with zero attached hydrogens (tertiary/aromatic N) is 2. The second-order valence-corrected chi connectivity index (χ2v) is 14.1. The molecule has 0 radical (unpaired) electrons. The average Bonchev–Trinajstić information content (AvgIpc) is 2.86. The third kappa shape index (κ3) is 3.86. The molecule has 6 aliphatic rings. The first-order valence-corrected chi connectivity index (χ1v) is 14.1. The highest BCUT2D eigenvalue weighted by Gasteiger charge is 2.65. The van der Waals surface area contributed by atoms with Crippen LogP contribution >= 0.6 is 0 Å². The standard InChI is InChI=1S/C36H40N2.2BrH/c1-37(2,3)23-35-29-19-11-7-15-25(29)34(26-16-8-12-20-30(26)35)36(24-38(4,5)6)31-21-13-9-17-27(31)33(35)28-18-10-14-22-32(28)36;;/h7-22,33-34H,23-24H2,1-6H3;2*1H/q+2;;/p-2. The van der Waals surface area contributed by atoms with Crippen molar-refractivity contribution in [2.45, 2.75) is 22.7 Å². The Kier molecular flexibility index (Phi) is 7.07. The van der Waals surface area contributed by atoms with E-state index in [1.807, 2.05) is 0 Å². The Balaban J connectivity index is 0.00000161. The fourth-order valence-electron chi connectivity index (χ4n) is 8.95. The molecule has 0 heterocycles. The molecule has 0 spiro atoms. The van der Waals surface area contributed by atoms with E-state index >= 15 is 0 Å². The van der Waals surface area contributed by atoms with E-state index in [9.17, 15) is 0 Å². The minimum Gasteiger partial charge on any atom is -1.00 e. The summed E-state index contributed by atoms with van der Waals surface area (Å²) < 4.78 is 1.80. The molecule has 10 rings (SSSR count). The molecule has 4 bridgehead atoms. The monoisotopic (exact) mass is 658 g/mol. The van der Waals surface area contributed by atoms with Gasteiger partial charge < -0.3 is 42.9 Å². The van der Waals surface area contributed by atoms with E-state index in [0.29, 0.717) is 0 Å². The molecule has 40 heavy (non-hydrogen) atoms. The van der Waals surface area contributed by atoms with Crippen molar-refractivity contribution in [1.29, 1.82) is 0 Å². The maximum atomic E-state index is 2.47. The van der Waals surface area contributed by atoms with Gasteiger partial charge in [0.2, 0.25) is 0 Å². The van der Waals surface area contributed by atoms with Crippen molar-refractivity contribution in [3.63, 3.8) is 0 Å². The van der Waals surface area contributed by atoms with Crippen molar-refractivity contribution in [3.05, 3.63) is 142 Å². The lowest BCUT2D eigenvalue weighted by atomic mass is 9.42. The molecule has 0 saturated carbocycles. The van der Waals surface area contributed by atoms with E-state index in [0.717, 1.165) is 22.1 Å². The summed E-state index contributed by atoms with van der Waals surface area (Å²) in [7, 11) is 14.2. The van der Waals surface area contributed by atoms with Gasteiger partial charge in [-0.25, -0.2) is 0 Å². The molecule has 4 heteroatoms. The van der Waals surface area contributed by atoms with E-state index in [-0.39, 0.29) is 56.6 Å². The van der Waals surface area contributed by atoms with Gasteiger partial charge in [-0.2, -0.15) is 0 Å². The third-order valence-electron chi connectivity index (χ3n) is 9.44. The number of halogens is 2. The van der Waals surface area contributed by atoms with E-state index < -0.39 is 0 Å². The zero-order valence-corrected chi connectivity index (χ0v) is 27.6. The predicted octanol–water partition coefficient (Wildman–Crippen LogP) is 0.284. The highest BCUT2D eigenvalue weighted by molar-refractivity contribution is 5.73. The minimum absolute atomic E-state index is 0. The smallest absolute Gasteiger partial charge is 0.0929 e. The molecule has 0 N–H and O–H groups in total. The molecule has 2 nitrogen and oxygen atoms in total. The normalized spacial score (nSPS) is 25.2. The highest BCUT2D eigenvalue weighted by Crippen LogP contribution is 2.68. The fraction of sp³-hybridized carbons (Fsp3) is 0.333. The van der Waals surface area contributed by atoms with Gasteiger partial charge in [0.15, 0.2) is 0 Å². The van der Waals surface area contributed by atoms with Crippen LogP contribution < -0.4 is 34.0 Å². The molecule has 4 aromatic carbocycles. The number of rotatable bonds is 4. The van der Waals surface area contributed by atoms with Gasteiger partial charge in [-0.1, -0.05) is 97.1 Å². The summed E-state index contributed by atoms with van der Waals surface area (Å²) in [5, 5.41) is 0. The first kappa shape index (κ1) is 29.3. The van der Waals surface area contributed by atoms with Crippen LogP contribution in [0.25, 0.3) is 0 Å². The minimum atomic E-state index is -0.169. The molecule has 0 amide bonds. The van der Waals surface area contributed by atoms with E-state index in [1.54, 1.807) is 0 Å². The van der Waals surface area contributed by atoms with Crippen molar-refractivity contribution in [3.8, 4) is 0 Å². The molecule has 0 unspecified atom stereocenters. The lowest BCUT2D eigenvalue weighted by molar-refractivity contribution is -0.875. The van der Waals surface area contributed by atoms with Crippen molar-refractivity contribution < 1.29 is 42.9 Å². The second-order valence-electron chi connectivity index (χ2n) is 14.1. The number of hydrogen-bond acceptors (Lipinski definition) is 0. The Morgan fingerprint density at radius 3 is 0.875 bits per heavy atom. The van der Waals surface area contributed by atoms with Gasteiger partial charge in [-0.15, -0.1) is 0 Å². The molecule has 0 aliphatic heterocycles. The number of quaternary nitrogens is 2. The molecule has 0 fully saturated rings.